The van der Waals surface area contributed by atoms with Crippen LogP contribution in [-0.2, 0) is 30.2 Å². The minimum absolute atomic E-state index is 0.0947. The molecule has 0 amide bonds. The zero-order valence-electron chi connectivity index (χ0n) is 22.4. The predicted molar refractivity (Wildman–Crippen MR) is 131 cm³/mol. The molecule has 0 aromatic heterocycles. The fraction of sp³-hybridized carbons (Fsp3) is 0.600. The monoisotopic (exact) mass is 527 g/mol. The summed E-state index contributed by atoms with van der Waals surface area (Å²) in [6.07, 6.45) is -2.55. The molecule has 0 spiro atoms. The van der Waals surface area contributed by atoms with E-state index in [1.54, 1.807) is 48.5 Å². The molecule has 1 aromatic carbocycles. The first-order valence-corrected chi connectivity index (χ1v) is 12.0. The molecule has 2 N–H and O–H groups in total. The Hall–Kier alpha value is -3.54. The molecular formula is C25H37NO11. The highest BCUT2D eigenvalue weighted by Gasteiger charge is 2.45. The van der Waals surface area contributed by atoms with Crippen molar-refractivity contribution in [3.05, 3.63) is 23.8 Å². The van der Waals surface area contributed by atoms with Gasteiger partial charge in [-0.25, -0.2) is 19.2 Å². The molecule has 12 nitrogen and oxygen atoms in total. The lowest BCUT2D eigenvalue weighted by Gasteiger charge is -2.33. The smallest absolute Gasteiger partial charge is 0.477 e. The van der Waals surface area contributed by atoms with E-state index >= 15 is 0 Å². The lowest BCUT2D eigenvalue weighted by Crippen LogP contribution is -2.59. The summed E-state index contributed by atoms with van der Waals surface area (Å²) in [5.41, 5.74) is -2.91. The maximum Gasteiger partial charge on any atom is 0.513 e. The van der Waals surface area contributed by atoms with Gasteiger partial charge in [0.2, 0.25) is 0 Å². The van der Waals surface area contributed by atoms with Gasteiger partial charge in [-0.2, -0.15) is 0 Å². The van der Waals surface area contributed by atoms with Gasteiger partial charge in [0.25, 0.3) is 5.72 Å². The minimum atomic E-state index is -2.24. The number of hydrogen-bond acceptors (Lipinski definition) is 11. The molecule has 0 fully saturated rings. The molecule has 0 bridgehead atoms. The molecule has 0 aliphatic rings. The summed E-state index contributed by atoms with van der Waals surface area (Å²) in [4.78, 5) is 48.9. The van der Waals surface area contributed by atoms with Crippen molar-refractivity contribution in [3.8, 4) is 11.5 Å². The van der Waals surface area contributed by atoms with Crippen LogP contribution in [0.25, 0.3) is 0 Å². The van der Waals surface area contributed by atoms with E-state index in [9.17, 15) is 24.3 Å². The van der Waals surface area contributed by atoms with Crippen molar-refractivity contribution in [3.63, 3.8) is 0 Å². The van der Waals surface area contributed by atoms with Crippen molar-refractivity contribution in [2.45, 2.75) is 85.1 Å². The Balaban J connectivity index is 3.39. The van der Waals surface area contributed by atoms with Crippen LogP contribution in [0.4, 0.5) is 14.4 Å². The number of hydrogen-bond donors (Lipinski definition) is 2. The first-order valence-electron chi connectivity index (χ1n) is 12.0. The van der Waals surface area contributed by atoms with E-state index < -0.39 is 48.2 Å². The van der Waals surface area contributed by atoms with Crippen LogP contribution in [0.1, 0.15) is 66.9 Å². The fourth-order valence-corrected chi connectivity index (χ4v) is 2.90. The number of benzene rings is 1. The van der Waals surface area contributed by atoms with Crippen molar-refractivity contribution in [2.75, 3.05) is 13.2 Å². The third-order valence-electron chi connectivity index (χ3n) is 4.21. The topological polar surface area (TPSA) is 156 Å². The standard InChI is InChI=1S/C25H37NO11/c1-8-12-32-21(29)34-18-11-10-17(14-19(18)35-22(30)33-13-9-2)15-25(20(27)28,26-16(3)4)37-23(31)36-24(5,6)7/h10-11,14,16,26H,8-9,12-13,15H2,1-7H3,(H,27,28)/t25-/m0/s1. The summed E-state index contributed by atoms with van der Waals surface area (Å²) in [6, 6.07) is 3.56. The predicted octanol–water partition coefficient (Wildman–Crippen LogP) is 4.81. The number of ether oxygens (including phenoxy) is 6. The van der Waals surface area contributed by atoms with Crippen LogP contribution in [0.15, 0.2) is 18.2 Å². The van der Waals surface area contributed by atoms with Crippen LogP contribution < -0.4 is 14.8 Å². The van der Waals surface area contributed by atoms with Gasteiger partial charge in [-0.05, 0) is 65.2 Å². The molecule has 0 saturated heterocycles. The molecular weight excluding hydrogens is 490 g/mol. The normalized spacial score (nSPS) is 12.8. The zero-order chi connectivity index (χ0) is 28.2. The number of carboxylic acid groups (broad SMARTS) is 1. The molecule has 1 aromatic rings. The van der Waals surface area contributed by atoms with E-state index in [1.165, 1.54) is 18.2 Å². The van der Waals surface area contributed by atoms with E-state index in [1.807, 2.05) is 0 Å². The van der Waals surface area contributed by atoms with E-state index in [4.69, 9.17) is 28.4 Å². The Morgan fingerprint density at radius 2 is 1.41 bits per heavy atom. The maximum atomic E-state index is 12.4. The van der Waals surface area contributed by atoms with Crippen LogP contribution in [0.5, 0.6) is 11.5 Å². The number of carbonyl (C=O) groups is 4. The molecule has 0 aliphatic carbocycles. The number of aliphatic carboxylic acids is 1. The Kier molecular flexibility index (Phi) is 12.1. The summed E-state index contributed by atoms with van der Waals surface area (Å²) in [5.74, 6) is -1.88. The van der Waals surface area contributed by atoms with Gasteiger partial charge in [-0.3, -0.25) is 5.32 Å². The number of carbonyl (C=O) groups excluding carboxylic acids is 3. The van der Waals surface area contributed by atoms with Gasteiger partial charge in [0, 0.05) is 12.5 Å². The van der Waals surface area contributed by atoms with E-state index in [-0.39, 0.29) is 30.3 Å². The van der Waals surface area contributed by atoms with Gasteiger partial charge < -0.3 is 33.5 Å². The largest absolute Gasteiger partial charge is 0.513 e. The Bertz CT molecular complexity index is 939. The van der Waals surface area contributed by atoms with E-state index in [0.29, 0.717) is 12.8 Å². The van der Waals surface area contributed by atoms with Gasteiger partial charge >= 0.3 is 24.4 Å². The third kappa shape index (κ3) is 11.4. The minimum Gasteiger partial charge on any atom is -0.477 e. The third-order valence-corrected chi connectivity index (χ3v) is 4.21. The molecule has 208 valence electrons. The maximum absolute atomic E-state index is 12.4. The van der Waals surface area contributed by atoms with Gasteiger partial charge in [-0.1, -0.05) is 19.9 Å². The first kappa shape index (κ1) is 31.5. The van der Waals surface area contributed by atoms with Crippen LogP contribution in [0.2, 0.25) is 0 Å². The summed E-state index contributed by atoms with van der Waals surface area (Å²) in [6.45, 7) is 12.0. The lowest BCUT2D eigenvalue weighted by atomic mass is 10.0. The summed E-state index contributed by atoms with van der Waals surface area (Å²) in [7, 11) is 0. The molecule has 37 heavy (non-hydrogen) atoms. The summed E-state index contributed by atoms with van der Waals surface area (Å²) in [5, 5.41) is 12.8. The van der Waals surface area contributed by atoms with Gasteiger partial charge in [0.1, 0.15) is 5.60 Å². The lowest BCUT2D eigenvalue weighted by molar-refractivity contribution is -0.169. The second-order valence-electron chi connectivity index (χ2n) is 9.36. The van der Waals surface area contributed by atoms with E-state index in [2.05, 4.69) is 5.32 Å². The Morgan fingerprint density at radius 1 is 0.865 bits per heavy atom. The van der Waals surface area contributed by atoms with Gasteiger partial charge in [-0.15, -0.1) is 0 Å². The van der Waals surface area contributed by atoms with Crippen molar-refractivity contribution in [1.82, 2.24) is 5.32 Å². The average Bonchev–Trinajstić information content (AvgIpc) is 2.76. The van der Waals surface area contributed by atoms with Crippen molar-refractivity contribution in [1.29, 1.82) is 0 Å². The fourth-order valence-electron chi connectivity index (χ4n) is 2.90. The van der Waals surface area contributed by atoms with E-state index in [0.717, 1.165) is 0 Å². The highest BCUT2D eigenvalue weighted by molar-refractivity contribution is 5.80. The van der Waals surface area contributed by atoms with Gasteiger partial charge in [0.05, 0.1) is 13.2 Å². The number of rotatable bonds is 12. The van der Waals surface area contributed by atoms with Crippen LogP contribution >= 0.6 is 0 Å². The molecule has 0 radical (unpaired) electrons. The molecule has 1 rings (SSSR count). The molecule has 1 atom stereocenters. The highest BCUT2D eigenvalue weighted by Crippen LogP contribution is 2.31. The Morgan fingerprint density at radius 3 is 1.86 bits per heavy atom. The molecule has 0 unspecified atom stereocenters. The van der Waals surface area contributed by atoms with Crippen molar-refractivity contribution in [2.24, 2.45) is 0 Å². The van der Waals surface area contributed by atoms with Crippen LogP contribution in [0.3, 0.4) is 0 Å². The molecule has 0 heterocycles. The average molecular weight is 528 g/mol. The summed E-state index contributed by atoms with van der Waals surface area (Å²) < 4.78 is 30.6. The Labute approximate surface area is 216 Å². The van der Waals surface area contributed by atoms with Crippen molar-refractivity contribution >= 4 is 24.4 Å². The second kappa shape index (κ2) is 14.3. The zero-order valence-corrected chi connectivity index (χ0v) is 22.4. The molecule has 12 heteroatoms. The summed E-state index contributed by atoms with van der Waals surface area (Å²) >= 11 is 0. The molecule has 0 aliphatic heterocycles. The SMILES string of the molecule is CCCOC(=O)Oc1ccc(C[C@](NC(C)C)(OC(=O)OC(C)(C)C)C(=O)O)cc1OC(=O)OCCC. The number of nitrogens with one attached hydrogen (secondary N) is 1. The van der Waals surface area contributed by atoms with Crippen molar-refractivity contribution < 1.29 is 52.7 Å². The van der Waals surface area contributed by atoms with Gasteiger partial charge in [0.15, 0.2) is 11.5 Å². The quantitative estimate of drug-likeness (QED) is 0.166. The second-order valence-corrected chi connectivity index (χ2v) is 9.36. The van der Waals surface area contributed by atoms with Crippen LogP contribution in [0, 0.1) is 0 Å². The highest BCUT2D eigenvalue weighted by atomic mass is 16.8. The first-order chi connectivity index (χ1) is 17.2. The number of carboxylic acids is 1. The van der Waals surface area contributed by atoms with Crippen LogP contribution in [-0.4, -0.2) is 60.1 Å². The molecule has 0 saturated carbocycles.